The van der Waals surface area contributed by atoms with Gasteiger partial charge >= 0.3 is 0 Å². The van der Waals surface area contributed by atoms with E-state index >= 15 is 0 Å². The Labute approximate surface area is 119 Å². The average Bonchev–Trinajstić information content (AvgIpc) is 2.87. The second-order valence-electron chi connectivity index (χ2n) is 5.87. The van der Waals surface area contributed by atoms with Crippen molar-refractivity contribution in [1.29, 1.82) is 0 Å². The molecule has 19 heavy (non-hydrogen) atoms. The van der Waals surface area contributed by atoms with Gasteiger partial charge in [-0.05, 0) is 48.8 Å². The van der Waals surface area contributed by atoms with Gasteiger partial charge in [0.2, 0.25) is 0 Å². The Kier molecular flexibility index (Phi) is 3.44. The third-order valence-electron chi connectivity index (χ3n) is 4.62. The molecule has 2 aliphatic rings. The van der Waals surface area contributed by atoms with E-state index < -0.39 is 0 Å². The van der Waals surface area contributed by atoms with Crippen molar-refractivity contribution in [2.45, 2.75) is 38.1 Å². The smallest absolute Gasteiger partial charge is 0.150 e. The minimum atomic E-state index is 0.149. The standard InChI is InChI=1S/C16H21NOS/c1-4-14(18)16-15-11(3)13(15)9-17(16)19-12-7-5-10(2)6-8-12/h5-8,11,13,15-16H,4,9H2,1-3H3. The highest BCUT2D eigenvalue weighted by molar-refractivity contribution is 7.97. The lowest BCUT2D eigenvalue weighted by Crippen LogP contribution is -2.35. The number of aryl methyl sites for hydroxylation is 1. The molecule has 102 valence electrons. The molecule has 0 radical (unpaired) electrons. The lowest BCUT2D eigenvalue weighted by molar-refractivity contribution is -0.122. The maximum Gasteiger partial charge on any atom is 0.150 e. The molecule has 1 aliphatic carbocycles. The van der Waals surface area contributed by atoms with Crippen molar-refractivity contribution in [3.05, 3.63) is 29.8 Å². The Hall–Kier alpha value is -0.800. The van der Waals surface area contributed by atoms with Gasteiger partial charge in [0.05, 0.1) is 6.04 Å². The highest BCUT2D eigenvalue weighted by Gasteiger charge is 2.60. The Morgan fingerprint density at radius 3 is 2.68 bits per heavy atom. The third kappa shape index (κ3) is 2.34. The molecule has 4 unspecified atom stereocenters. The molecule has 4 atom stereocenters. The Balaban J connectivity index is 1.74. The van der Waals surface area contributed by atoms with E-state index in [1.165, 1.54) is 10.5 Å². The molecule has 0 bridgehead atoms. The number of benzene rings is 1. The van der Waals surface area contributed by atoms with Crippen LogP contribution in [0.2, 0.25) is 0 Å². The van der Waals surface area contributed by atoms with E-state index in [1.807, 2.05) is 6.92 Å². The maximum absolute atomic E-state index is 12.2. The van der Waals surface area contributed by atoms with E-state index in [1.54, 1.807) is 11.9 Å². The van der Waals surface area contributed by atoms with Gasteiger partial charge in [-0.25, -0.2) is 4.31 Å². The zero-order valence-corrected chi connectivity index (χ0v) is 12.6. The summed E-state index contributed by atoms with van der Waals surface area (Å²) in [6.45, 7) is 7.45. The zero-order valence-electron chi connectivity index (χ0n) is 11.8. The SMILES string of the molecule is CCC(=O)C1C2C(C)C2CN1Sc1ccc(C)cc1. The van der Waals surface area contributed by atoms with E-state index in [-0.39, 0.29) is 6.04 Å². The molecule has 1 aromatic rings. The monoisotopic (exact) mass is 275 g/mol. The molecular formula is C16H21NOS. The van der Waals surface area contributed by atoms with E-state index in [0.29, 0.717) is 18.1 Å². The average molecular weight is 275 g/mol. The summed E-state index contributed by atoms with van der Waals surface area (Å²) < 4.78 is 2.33. The van der Waals surface area contributed by atoms with Crippen molar-refractivity contribution < 1.29 is 4.79 Å². The zero-order chi connectivity index (χ0) is 13.6. The second kappa shape index (κ2) is 4.95. The minimum Gasteiger partial charge on any atom is -0.298 e. The number of piperidine rings is 1. The molecule has 0 N–H and O–H groups in total. The molecule has 2 fully saturated rings. The van der Waals surface area contributed by atoms with Gasteiger partial charge in [0.1, 0.15) is 0 Å². The number of ketones is 1. The topological polar surface area (TPSA) is 20.3 Å². The first-order valence-corrected chi connectivity index (χ1v) is 7.93. The fraction of sp³-hybridized carbons (Fsp3) is 0.562. The number of nitrogens with zero attached hydrogens (tertiary/aromatic N) is 1. The van der Waals surface area contributed by atoms with Gasteiger partial charge in [-0.3, -0.25) is 4.79 Å². The van der Waals surface area contributed by atoms with Gasteiger partial charge in [-0.1, -0.05) is 31.5 Å². The van der Waals surface area contributed by atoms with E-state index in [9.17, 15) is 4.79 Å². The van der Waals surface area contributed by atoms with Gasteiger partial charge in [-0.15, -0.1) is 0 Å². The molecule has 3 rings (SSSR count). The van der Waals surface area contributed by atoms with E-state index in [2.05, 4.69) is 42.4 Å². The van der Waals surface area contributed by atoms with Gasteiger partial charge < -0.3 is 0 Å². The summed E-state index contributed by atoms with van der Waals surface area (Å²) in [5.41, 5.74) is 1.28. The van der Waals surface area contributed by atoms with Crippen molar-refractivity contribution in [3.8, 4) is 0 Å². The summed E-state index contributed by atoms with van der Waals surface area (Å²) in [5.74, 6) is 2.52. The summed E-state index contributed by atoms with van der Waals surface area (Å²) in [4.78, 5) is 13.4. The summed E-state index contributed by atoms with van der Waals surface area (Å²) >= 11 is 1.76. The van der Waals surface area contributed by atoms with Crippen LogP contribution in [0.5, 0.6) is 0 Å². The number of carbonyl (C=O) groups excluding carboxylic acids is 1. The predicted octanol–water partition coefficient (Wildman–Crippen LogP) is 3.55. The lowest BCUT2D eigenvalue weighted by atomic mass is 10.1. The molecule has 1 aromatic carbocycles. The van der Waals surface area contributed by atoms with Crippen LogP contribution in [0.25, 0.3) is 0 Å². The van der Waals surface area contributed by atoms with Crippen LogP contribution in [0.1, 0.15) is 25.8 Å². The quantitative estimate of drug-likeness (QED) is 0.784. The number of fused-ring (bicyclic) bond motifs is 1. The number of hydrogen-bond acceptors (Lipinski definition) is 3. The highest BCUT2D eigenvalue weighted by atomic mass is 32.2. The molecule has 1 heterocycles. The normalized spacial score (nSPS) is 33.2. The van der Waals surface area contributed by atoms with Crippen LogP contribution in [-0.4, -0.2) is 22.7 Å². The van der Waals surface area contributed by atoms with Gasteiger partial charge in [0.15, 0.2) is 5.78 Å². The highest BCUT2D eigenvalue weighted by Crippen LogP contribution is 2.57. The van der Waals surface area contributed by atoms with Crippen LogP contribution in [-0.2, 0) is 4.79 Å². The van der Waals surface area contributed by atoms with Crippen LogP contribution in [0.3, 0.4) is 0 Å². The molecule has 3 heteroatoms. The maximum atomic E-state index is 12.2. The first-order valence-electron chi connectivity index (χ1n) is 7.15. The van der Waals surface area contributed by atoms with Gasteiger partial charge in [-0.2, -0.15) is 0 Å². The summed E-state index contributed by atoms with van der Waals surface area (Å²) in [5, 5.41) is 0. The summed E-state index contributed by atoms with van der Waals surface area (Å²) in [7, 11) is 0. The molecule has 0 aromatic heterocycles. The molecule has 2 nitrogen and oxygen atoms in total. The Morgan fingerprint density at radius 1 is 1.37 bits per heavy atom. The van der Waals surface area contributed by atoms with Crippen LogP contribution >= 0.6 is 11.9 Å². The fourth-order valence-corrected chi connectivity index (χ4v) is 4.46. The predicted molar refractivity (Wildman–Crippen MR) is 79.0 cm³/mol. The van der Waals surface area contributed by atoms with Crippen LogP contribution in [0, 0.1) is 24.7 Å². The molecule has 1 saturated heterocycles. The molecule has 1 aliphatic heterocycles. The van der Waals surface area contributed by atoms with E-state index in [0.717, 1.165) is 18.4 Å². The van der Waals surface area contributed by atoms with Crippen molar-refractivity contribution in [3.63, 3.8) is 0 Å². The second-order valence-corrected chi connectivity index (χ2v) is 6.99. The first-order chi connectivity index (χ1) is 9.11. The largest absolute Gasteiger partial charge is 0.298 e. The van der Waals surface area contributed by atoms with Gasteiger partial charge in [0.25, 0.3) is 0 Å². The van der Waals surface area contributed by atoms with Crippen molar-refractivity contribution in [2.24, 2.45) is 17.8 Å². The third-order valence-corrected chi connectivity index (χ3v) is 5.72. The Bertz CT molecular complexity index is 484. The van der Waals surface area contributed by atoms with Crippen LogP contribution < -0.4 is 0 Å². The Morgan fingerprint density at radius 2 is 2.05 bits per heavy atom. The van der Waals surface area contributed by atoms with Crippen LogP contribution in [0.15, 0.2) is 29.2 Å². The number of hydrogen-bond donors (Lipinski definition) is 0. The molecular weight excluding hydrogens is 254 g/mol. The molecule has 0 amide bonds. The fourth-order valence-electron chi connectivity index (χ4n) is 3.32. The van der Waals surface area contributed by atoms with Crippen molar-refractivity contribution >= 4 is 17.7 Å². The minimum absolute atomic E-state index is 0.149. The van der Waals surface area contributed by atoms with Crippen molar-refractivity contribution in [2.75, 3.05) is 6.54 Å². The van der Waals surface area contributed by atoms with E-state index in [4.69, 9.17) is 0 Å². The van der Waals surface area contributed by atoms with Crippen LogP contribution in [0.4, 0.5) is 0 Å². The number of Topliss-reactive ketones (excluding diaryl/α,β-unsaturated/α-hetero) is 1. The van der Waals surface area contributed by atoms with Gasteiger partial charge in [0, 0.05) is 17.9 Å². The molecule has 0 spiro atoms. The molecule has 1 saturated carbocycles. The summed E-state index contributed by atoms with van der Waals surface area (Å²) in [6.07, 6.45) is 0.658. The lowest BCUT2D eigenvalue weighted by Gasteiger charge is -2.25. The summed E-state index contributed by atoms with van der Waals surface area (Å²) in [6, 6.07) is 8.73. The van der Waals surface area contributed by atoms with Crippen molar-refractivity contribution in [1.82, 2.24) is 4.31 Å². The first kappa shape index (κ1) is 13.2. The number of carbonyl (C=O) groups is 1. The number of rotatable bonds is 4.